The maximum absolute atomic E-state index is 12.6. The molecular formula is C18H34O3Si2. The Balaban J connectivity index is 1.54. The van der Waals surface area contributed by atoms with Crippen molar-refractivity contribution >= 4 is 22.6 Å². The van der Waals surface area contributed by atoms with Gasteiger partial charge >= 0.3 is 5.97 Å². The number of hydrogen-bond acceptors (Lipinski definition) is 3. The lowest BCUT2D eigenvalue weighted by molar-refractivity contribution is -0.149. The summed E-state index contributed by atoms with van der Waals surface area (Å²) in [5.41, 5.74) is 0. The first-order chi connectivity index (χ1) is 10.6. The molecule has 2 saturated carbocycles. The van der Waals surface area contributed by atoms with E-state index in [4.69, 9.17) is 8.85 Å². The van der Waals surface area contributed by atoms with Crippen molar-refractivity contribution in [3.8, 4) is 0 Å². The molecule has 0 amide bonds. The molecule has 0 aromatic rings. The van der Waals surface area contributed by atoms with Gasteiger partial charge in [0.15, 0.2) is 16.6 Å². The lowest BCUT2D eigenvalue weighted by Gasteiger charge is -2.42. The summed E-state index contributed by atoms with van der Waals surface area (Å²) in [4.78, 5) is 12.6. The third kappa shape index (κ3) is 3.61. The van der Waals surface area contributed by atoms with E-state index in [1.165, 1.54) is 12.8 Å². The number of rotatable bonds is 3. The van der Waals surface area contributed by atoms with Crippen molar-refractivity contribution in [1.82, 2.24) is 0 Å². The molecule has 1 aliphatic heterocycles. The highest BCUT2D eigenvalue weighted by Crippen LogP contribution is 2.55. The molecule has 132 valence electrons. The molecule has 0 aromatic heterocycles. The predicted octanol–water partition coefficient (Wildman–Crippen LogP) is 4.51. The number of ether oxygens (including phenoxy) is 1. The van der Waals surface area contributed by atoms with E-state index < -0.39 is 16.6 Å². The van der Waals surface area contributed by atoms with E-state index in [-0.39, 0.29) is 11.9 Å². The first-order valence-corrected chi connectivity index (χ1v) is 15.7. The van der Waals surface area contributed by atoms with Crippen LogP contribution in [0.2, 0.25) is 38.3 Å². The van der Waals surface area contributed by atoms with Gasteiger partial charge in [-0.05, 0) is 80.7 Å². The first-order valence-electron chi connectivity index (χ1n) is 9.45. The van der Waals surface area contributed by atoms with E-state index in [0.29, 0.717) is 12.5 Å². The Morgan fingerprint density at radius 2 is 1.65 bits per heavy atom. The van der Waals surface area contributed by atoms with Gasteiger partial charge in [-0.25, -0.2) is 0 Å². The SMILES string of the molecule is CC1C2CC(COC(=O)C3C[Si](C)(C)O[Si](C)(C)C3)C(C2)C1C. The second-order valence-corrected chi connectivity index (χ2v) is 18.4. The van der Waals surface area contributed by atoms with Crippen LogP contribution in [-0.4, -0.2) is 29.2 Å². The van der Waals surface area contributed by atoms with E-state index in [2.05, 4.69) is 40.0 Å². The summed E-state index contributed by atoms with van der Waals surface area (Å²) in [6, 6.07) is 1.87. The summed E-state index contributed by atoms with van der Waals surface area (Å²) in [5, 5.41) is 0. The van der Waals surface area contributed by atoms with Gasteiger partial charge in [-0.15, -0.1) is 0 Å². The lowest BCUT2D eigenvalue weighted by atomic mass is 9.76. The first kappa shape index (κ1) is 17.7. The summed E-state index contributed by atoms with van der Waals surface area (Å²) >= 11 is 0. The molecule has 5 unspecified atom stereocenters. The van der Waals surface area contributed by atoms with E-state index in [1.807, 2.05) is 0 Å². The second-order valence-electron chi connectivity index (χ2n) is 9.73. The van der Waals surface area contributed by atoms with Crippen LogP contribution in [0.4, 0.5) is 0 Å². The monoisotopic (exact) mass is 354 g/mol. The Hall–Kier alpha value is -0.136. The van der Waals surface area contributed by atoms with Crippen LogP contribution in [0.15, 0.2) is 0 Å². The molecule has 0 N–H and O–H groups in total. The van der Waals surface area contributed by atoms with Gasteiger partial charge in [0.1, 0.15) is 0 Å². The van der Waals surface area contributed by atoms with Crippen molar-refractivity contribution in [2.24, 2.45) is 35.5 Å². The molecule has 2 aliphatic carbocycles. The third-order valence-corrected chi connectivity index (χ3v) is 14.2. The van der Waals surface area contributed by atoms with Crippen molar-refractivity contribution in [3.63, 3.8) is 0 Å². The Morgan fingerprint density at radius 1 is 1.04 bits per heavy atom. The standard InChI is InChI=1S/C18H34O3Si2/c1-12-13(2)17-8-14(12)7-15(17)9-20-18(19)16-10-22(3,4)21-23(5,6)11-16/h12-17H,7-11H2,1-6H3. The Kier molecular flexibility index (Phi) is 4.60. The minimum absolute atomic E-state index is 0.0675. The molecule has 23 heavy (non-hydrogen) atoms. The maximum atomic E-state index is 12.6. The van der Waals surface area contributed by atoms with Crippen LogP contribution >= 0.6 is 0 Å². The normalized spacial score (nSPS) is 41.9. The Morgan fingerprint density at radius 3 is 2.17 bits per heavy atom. The van der Waals surface area contributed by atoms with Crippen LogP contribution < -0.4 is 0 Å². The zero-order chi connectivity index (χ0) is 17.0. The van der Waals surface area contributed by atoms with E-state index in [1.54, 1.807) is 0 Å². The van der Waals surface area contributed by atoms with Crippen molar-refractivity contribution in [1.29, 1.82) is 0 Å². The van der Waals surface area contributed by atoms with Gasteiger partial charge in [-0.3, -0.25) is 4.79 Å². The number of carbonyl (C=O) groups is 1. The molecule has 1 saturated heterocycles. The third-order valence-electron chi connectivity index (χ3n) is 6.84. The maximum Gasteiger partial charge on any atom is 0.308 e. The quantitative estimate of drug-likeness (QED) is 0.552. The van der Waals surface area contributed by atoms with E-state index >= 15 is 0 Å². The smallest absolute Gasteiger partial charge is 0.308 e. The molecule has 1 heterocycles. The van der Waals surface area contributed by atoms with Gasteiger partial charge in [-0.1, -0.05) is 13.8 Å². The van der Waals surface area contributed by atoms with Crippen LogP contribution in [-0.2, 0) is 13.6 Å². The zero-order valence-corrected chi connectivity index (χ0v) is 17.7. The summed E-state index contributed by atoms with van der Waals surface area (Å²) in [6.45, 7) is 14.5. The van der Waals surface area contributed by atoms with Crippen molar-refractivity contribution < 1.29 is 13.6 Å². The number of carbonyl (C=O) groups excluding carboxylic acids is 1. The molecule has 3 aliphatic rings. The topological polar surface area (TPSA) is 35.5 Å². The van der Waals surface area contributed by atoms with Gasteiger partial charge in [-0.2, -0.15) is 0 Å². The van der Waals surface area contributed by atoms with Gasteiger partial charge in [0.05, 0.1) is 12.5 Å². The molecule has 0 aromatic carbocycles. The Labute approximate surface area is 143 Å². The fraction of sp³-hybridized carbons (Fsp3) is 0.944. The second kappa shape index (κ2) is 5.99. The molecule has 5 atom stereocenters. The summed E-state index contributed by atoms with van der Waals surface area (Å²) in [5.74, 6) is 4.11. The Bertz CT molecular complexity index is 459. The average molecular weight is 355 g/mol. The minimum Gasteiger partial charge on any atom is -0.465 e. The van der Waals surface area contributed by atoms with E-state index in [0.717, 1.165) is 35.8 Å². The van der Waals surface area contributed by atoms with Crippen LogP contribution in [0.1, 0.15) is 26.7 Å². The van der Waals surface area contributed by atoms with Gasteiger partial charge in [0, 0.05) is 0 Å². The van der Waals surface area contributed by atoms with Gasteiger partial charge in [0.2, 0.25) is 0 Å². The van der Waals surface area contributed by atoms with Crippen LogP contribution in [0.5, 0.6) is 0 Å². The van der Waals surface area contributed by atoms with Crippen LogP contribution in [0.25, 0.3) is 0 Å². The molecule has 3 rings (SSSR count). The van der Waals surface area contributed by atoms with Crippen molar-refractivity contribution in [2.75, 3.05) is 6.61 Å². The molecule has 0 radical (unpaired) electrons. The predicted molar refractivity (Wildman–Crippen MR) is 98.1 cm³/mol. The van der Waals surface area contributed by atoms with Crippen LogP contribution in [0, 0.1) is 35.5 Å². The highest BCUT2D eigenvalue weighted by Gasteiger charge is 2.49. The highest BCUT2D eigenvalue weighted by molar-refractivity contribution is 6.86. The van der Waals surface area contributed by atoms with Crippen LogP contribution in [0.3, 0.4) is 0 Å². The fourth-order valence-electron chi connectivity index (χ4n) is 5.85. The van der Waals surface area contributed by atoms with Gasteiger partial charge in [0.25, 0.3) is 0 Å². The number of hydrogen-bond donors (Lipinski definition) is 0. The van der Waals surface area contributed by atoms with Gasteiger partial charge < -0.3 is 8.85 Å². The molecular weight excluding hydrogens is 320 g/mol. The minimum atomic E-state index is -1.68. The molecule has 2 bridgehead atoms. The zero-order valence-electron chi connectivity index (χ0n) is 15.7. The molecule has 5 heteroatoms. The average Bonchev–Trinajstić information content (AvgIpc) is 2.93. The summed E-state index contributed by atoms with van der Waals surface area (Å²) in [6.07, 6.45) is 2.64. The highest BCUT2D eigenvalue weighted by atomic mass is 28.4. The molecule has 0 spiro atoms. The molecule has 3 nitrogen and oxygen atoms in total. The summed E-state index contributed by atoms with van der Waals surface area (Å²) < 4.78 is 12.2. The fourth-order valence-corrected chi connectivity index (χ4v) is 15.8. The van der Waals surface area contributed by atoms with Crippen molar-refractivity contribution in [2.45, 2.75) is 65.0 Å². The number of esters is 1. The largest absolute Gasteiger partial charge is 0.465 e. The molecule has 3 fully saturated rings. The lowest BCUT2D eigenvalue weighted by Crippen LogP contribution is -2.52. The van der Waals surface area contributed by atoms with Crippen molar-refractivity contribution in [3.05, 3.63) is 0 Å². The number of fused-ring (bicyclic) bond motifs is 2. The summed E-state index contributed by atoms with van der Waals surface area (Å²) in [7, 11) is -3.37. The van der Waals surface area contributed by atoms with E-state index in [9.17, 15) is 4.79 Å².